The van der Waals surface area contributed by atoms with Gasteiger partial charge in [-0.05, 0) is 74.4 Å². The second-order valence-electron chi connectivity index (χ2n) is 15.5. The first kappa shape index (κ1) is 45.0. The molecule has 22 heteroatoms. The van der Waals surface area contributed by atoms with Crippen LogP contribution in [0.15, 0.2) is 36.5 Å². The molecule has 0 spiro atoms. The highest BCUT2D eigenvalue weighted by Gasteiger charge is 2.49. The summed E-state index contributed by atoms with van der Waals surface area (Å²) in [6.45, 7) is 3.99. The molecule has 4 atom stereocenters. The molecular weight excluding hydrogens is 838 g/mol. The molecular formula is C39H38F10N6O6. The molecule has 1 amide bonds. The highest BCUT2D eigenvalue weighted by atomic mass is 19.4. The number of benzene rings is 2. The smallest absolute Gasteiger partial charge is 0.475 e. The van der Waals surface area contributed by atoms with Gasteiger partial charge in [-0.25, -0.2) is 27.2 Å². The van der Waals surface area contributed by atoms with Crippen LogP contribution in [0.1, 0.15) is 51.0 Å². The maximum absolute atomic E-state index is 16.9. The van der Waals surface area contributed by atoms with Crippen LogP contribution in [0.25, 0.3) is 32.9 Å². The minimum atomic E-state index is -5.08. The first-order chi connectivity index (χ1) is 28.5. The number of carbonyl (C=O) groups is 3. The quantitative estimate of drug-likeness (QED) is 0.180. The summed E-state index contributed by atoms with van der Waals surface area (Å²) in [5.74, 6) is -7.17. The fourth-order valence-electron chi connectivity index (χ4n) is 8.33. The van der Waals surface area contributed by atoms with Gasteiger partial charge in [-0.1, -0.05) is 24.3 Å². The number of aliphatic carboxylic acids is 2. The Kier molecular flexibility index (Phi) is 12.6. The molecule has 6 bridgehead atoms. The number of carboxylic acids is 2. The number of amides is 1. The summed E-state index contributed by atoms with van der Waals surface area (Å²) in [6.07, 6.45) is -8.43. The molecule has 3 saturated heterocycles. The topological polar surface area (TPSA) is 158 Å². The Labute approximate surface area is 339 Å². The van der Waals surface area contributed by atoms with E-state index in [4.69, 9.17) is 29.5 Å². The number of anilines is 1. The largest absolute Gasteiger partial charge is 0.490 e. The van der Waals surface area contributed by atoms with Gasteiger partial charge in [0.15, 0.2) is 12.0 Å². The number of ether oxygens (including phenoxy) is 1. The monoisotopic (exact) mass is 876 g/mol. The molecule has 12 nitrogen and oxygen atoms in total. The van der Waals surface area contributed by atoms with Crippen LogP contribution < -0.4 is 15.0 Å². The van der Waals surface area contributed by atoms with Crippen LogP contribution in [0.4, 0.5) is 49.7 Å². The van der Waals surface area contributed by atoms with E-state index in [9.17, 15) is 35.5 Å². The highest BCUT2D eigenvalue weighted by Crippen LogP contribution is 2.42. The minimum absolute atomic E-state index is 0.00671. The number of aromatic nitrogens is 3. The van der Waals surface area contributed by atoms with Crippen LogP contribution in [-0.2, 0) is 20.8 Å². The van der Waals surface area contributed by atoms with Gasteiger partial charge in [0, 0.05) is 37.8 Å². The second-order valence-corrected chi connectivity index (χ2v) is 15.5. The van der Waals surface area contributed by atoms with E-state index >= 15 is 13.2 Å². The molecule has 0 saturated carbocycles. The summed E-state index contributed by atoms with van der Waals surface area (Å²) in [6, 6.07) is 8.01. The van der Waals surface area contributed by atoms with Crippen molar-refractivity contribution >= 4 is 45.3 Å². The number of carbonyl (C=O) groups excluding carboxylic acids is 1. The van der Waals surface area contributed by atoms with Crippen LogP contribution in [0.2, 0.25) is 0 Å². The lowest BCUT2D eigenvalue weighted by Gasteiger charge is -2.42. The molecule has 5 aliphatic heterocycles. The zero-order valence-electron chi connectivity index (χ0n) is 32.1. The van der Waals surface area contributed by atoms with Crippen LogP contribution in [0.3, 0.4) is 0 Å². The molecule has 0 radical (unpaired) electrons. The number of pyridine rings is 1. The van der Waals surface area contributed by atoms with Gasteiger partial charge in [-0.15, -0.1) is 0 Å². The lowest BCUT2D eigenvalue weighted by Crippen LogP contribution is -2.58. The van der Waals surface area contributed by atoms with Gasteiger partial charge >= 0.3 is 30.3 Å². The molecule has 61 heavy (non-hydrogen) atoms. The second kappa shape index (κ2) is 17.1. The average Bonchev–Trinajstić information content (AvgIpc) is 3.71. The molecule has 5 aliphatic rings. The number of hydrogen-bond donors (Lipinski definition) is 3. The van der Waals surface area contributed by atoms with Crippen molar-refractivity contribution in [1.29, 1.82) is 0 Å². The Balaban J connectivity index is 0.000000385. The number of halogens is 10. The molecule has 7 heterocycles. The first-order valence-corrected chi connectivity index (χ1v) is 18.9. The average molecular weight is 877 g/mol. The first-order valence-electron chi connectivity index (χ1n) is 18.9. The zero-order valence-corrected chi connectivity index (χ0v) is 32.1. The molecule has 0 aliphatic carbocycles. The normalized spacial score (nSPS) is 24.1. The SMILES string of the molecule is C[C@@]12CCCN(C1)c1nc(OC[C@@]34CCCN3C[C@H](F)C4)nc3c(F)c(ncc13)-c1cccc3ccc(F)c(c13)CC[C@H](F)C(=O)N2.O=C(O)C(F)(F)F.O=C(O)C(F)(F)F. The van der Waals surface area contributed by atoms with Gasteiger partial charge in [0.25, 0.3) is 5.91 Å². The third-order valence-electron chi connectivity index (χ3n) is 11.1. The Hall–Kier alpha value is -5.54. The van der Waals surface area contributed by atoms with Gasteiger partial charge in [-0.3, -0.25) is 14.7 Å². The van der Waals surface area contributed by atoms with Crippen molar-refractivity contribution < 1.29 is 73.2 Å². The summed E-state index contributed by atoms with van der Waals surface area (Å²) in [5.41, 5.74) is -0.805. The Morgan fingerprint density at radius 2 is 1.64 bits per heavy atom. The number of fused-ring (bicyclic) bond motifs is 6. The summed E-state index contributed by atoms with van der Waals surface area (Å²) in [7, 11) is 0. The third-order valence-corrected chi connectivity index (χ3v) is 11.1. The summed E-state index contributed by atoms with van der Waals surface area (Å²) in [4.78, 5) is 48.9. The van der Waals surface area contributed by atoms with Crippen LogP contribution in [0.5, 0.6) is 6.01 Å². The van der Waals surface area contributed by atoms with Crippen molar-refractivity contribution in [2.24, 2.45) is 0 Å². The van der Waals surface area contributed by atoms with Crippen molar-refractivity contribution in [2.75, 3.05) is 37.7 Å². The predicted molar refractivity (Wildman–Crippen MR) is 197 cm³/mol. The van der Waals surface area contributed by atoms with E-state index in [2.05, 4.69) is 20.2 Å². The molecule has 9 rings (SSSR count). The van der Waals surface area contributed by atoms with Crippen LogP contribution in [0, 0.1) is 11.6 Å². The van der Waals surface area contributed by atoms with Crippen LogP contribution in [-0.4, -0.2) is 116 Å². The molecule has 2 aromatic heterocycles. The van der Waals surface area contributed by atoms with Crippen molar-refractivity contribution in [3.63, 3.8) is 0 Å². The maximum atomic E-state index is 16.9. The van der Waals surface area contributed by atoms with E-state index in [-0.39, 0.29) is 48.8 Å². The molecule has 0 unspecified atom stereocenters. The van der Waals surface area contributed by atoms with Gasteiger partial charge in [0.1, 0.15) is 35.6 Å². The van der Waals surface area contributed by atoms with E-state index in [1.165, 1.54) is 12.3 Å². The number of rotatable bonds is 3. The molecule has 330 valence electrons. The zero-order chi connectivity index (χ0) is 44.7. The fourth-order valence-corrected chi connectivity index (χ4v) is 8.33. The van der Waals surface area contributed by atoms with Crippen molar-refractivity contribution in [3.05, 3.63) is 53.7 Å². The van der Waals surface area contributed by atoms with Gasteiger partial charge in [0.2, 0.25) is 0 Å². The van der Waals surface area contributed by atoms with Gasteiger partial charge in [0.05, 0.1) is 16.5 Å². The standard InChI is InChI=1S/C35H36F4N6O2.2C2HF3O2/c1-34-11-3-13-44(18-34)31-24-16-40-29(23-6-2-5-20-7-9-25(37)22(27(20)23)8-10-26(38)32(46)43-34)28(39)30(24)41-33(42-31)47-19-35-12-4-14-45(35)17-21(36)15-35;2*3-2(4,5)1(6)7/h2,5-7,9,16,21,26H,3-4,8,10-15,17-19H2,1H3,(H,43,46);2*(H,6,7)/t21-,26+,34-,35+;;/m1../s1. The summed E-state index contributed by atoms with van der Waals surface area (Å²) >= 11 is 0. The van der Waals surface area contributed by atoms with Crippen molar-refractivity contribution in [1.82, 2.24) is 25.2 Å². The fraction of sp³-hybridized carbons (Fsp3) is 0.487. The molecule has 3 N–H and O–H groups in total. The maximum Gasteiger partial charge on any atom is 0.490 e. The molecule has 3 fully saturated rings. The molecule has 4 aromatic rings. The van der Waals surface area contributed by atoms with Crippen molar-refractivity contribution in [2.45, 2.75) is 87.6 Å². The summed E-state index contributed by atoms with van der Waals surface area (Å²) in [5, 5.41) is 18.5. The Morgan fingerprint density at radius 1 is 0.967 bits per heavy atom. The van der Waals surface area contributed by atoms with E-state index in [0.29, 0.717) is 59.9 Å². The minimum Gasteiger partial charge on any atom is -0.475 e. The molecule has 2 aromatic carbocycles. The van der Waals surface area contributed by atoms with Crippen molar-refractivity contribution in [3.8, 4) is 17.3 Å². The number of nitrogens with zero attached hydrogens (tertiary/aromatic N) is 5. The van der Waals surface area contributed by atoms with E-state index in [0.717, 1.165) is 19.4 Å². The number of piperidine rings is 1. The number of nitrogens with one attached hydrogen (secondary N) is 1. The predicted octanol–water partition coefficient (Wildman–Crippen LogP) is 7.10. The van der Waals surface area contributed by atoms with E-state index < -0.39 is 65.3 Å². The van der Waals surface area contributed by atoms with Gasteiger partial charge in [-0.2, -0.15) is 36.3 Å². The highest BCUT2D eigenvalue weighted by molar-refractivity contribution is 6.01. The number of hydrogen-bond acceptors (Lipinski definition) is 9. The lowest BCUT2D eigenvalue weighted by molar-refractivity contribution is -0.193. The number of aryl methyl sites for hydroxylation is 1. The van der Waals surface area contributed by atoms with Crippen LogP contribution >= 0.6 is 0 Å². The van der Waals surface area contributed by atoms with E-state index in [1.54, 1.807) is 24.3 Å². The van der Waals surface area contributed by atoms with Gasteiger partial charge < -0.3 is 25.2 Å². The Morgan fingerprint density at radius 3 is 2.31 bits per heavy atom. The third kappa shape index (κ3) is 9.68. The number of carboxylic acid groups (broad SMARTS) is 2. The number of alkyl halides is 8. The Bertz CT molecular complexity index is 2310. The lowest BCUT2D eigenvalue weighted by atomic mass is 9.90. The van der Waals surface area contributed by atoms with E-state index in [1.807, 2.05) is 11.8 Å². The summed E-state index contributed by atoms with van der Waals surface area (Å²) < 4.78 is 132.